The van der Waals surface area contributed by atoms with E-state index in [4.69, 9.17) is 14.2 Å². The van der Waals surface area contributed by atoms with Crippen LogP contribution in [0.5, 0.6) is 17.2 Å². The molecule has 164 valence electrons. The SMILES string of the molecule is COc1ccc(C(=O)N=C2S[C@H]3CS(=O)(=O)C[C@H]3N2c2ccc(OC)c(OC)c2)cc1. The Kier molecular flexibility index (Phi) is 5.85. The summed E-state index contributed by atoms with van der Waals surface area (Å²) < 4.78 is 40.3. The molecule has 2 aromatic rings. The van der Waals surface area contributed by atoms with E-state index in [2.05, 4.69) is 4.99 Å². The highest BCUT2D eigenvalue weighted by Crippen LogP contribution is 2.43. The summed E-state index contributed by atoms with van der Waals surface area (Å²) in [4.78, 5) is 19.0. The first kappa shape index (κ1) is 21.5. The topological polar surface area (TPSA) is 94.5 Å². The lowest BCUT2D eigenvalue weighted by atomic mass is 10.2. The van der Waals surface area contributed by atoms with Gasteiger partial charge in [0.15, 0.2) is 26.5 Å². The van der Waals surface area contributed by atoms with Crippen molar-refractivity contribution < 1.29 is 27.4 Å². The van der Waals surface area contributed by atoms with Crippen molar-refractivity contribution >= 4 is 38.4 Å². The second kappa shape index (κ2) is 8.43. The van der Waals surface area contributed by atoms with E-state index in [1.54, 1.807) is 50.6 Å². The van der Waals surface area contributed by atoms with E-state index in [1.807, 2.05) is 11.0 Å². The third-order valence-electron chi connectivity index (χ3n) is 5.25. The number of methoxy groups -OCH3 is 3. The molecule has 2 heterocycles. The molecule has 31 heavy (non-hydrogen) atoms. The summed E-state index contributed by atoms with van der Waals surface area (Å²) in [5.74, 6) is 1.37. The Labute approximate surface area is 185 Å². The van der Waals surface area contributed by atoms with Crippen LogP contribution in [0.25, 0.3) is 0 Å². The van der Waals surface area contributed by atoms with Crippen molar-refractivity contribution in [3.05, 3.63) is 48.0 Å². The summed E-state index contributed by atoms with van der Waals surface area (Å²) in [5.41, 5.74) is 1.11. The minimum atomic E-state index is -3.16. The molecule has 2 atom stereocenters. The Bertz CT molecular complexity index is 1130. The van der Waals surface area contributed by atoms with E-state index in [0.29, 0.717) is 33.7 Å². The Morgan fingerprint density at radius 3 is 2.35 bits per heavy atom. The van der Waals surface area contributed by atoms with Crippen molar-refractivity contribution in [1.29, 1.82) is 0 Å². The zero-order valence-electron chi connectivity index (χ0n) is 17.3. The molecule has 0 spiro atoms. The van der Waals surface area contributed by atoms with Gasteiger partial charge in [0, 0.05) is 22.6 Å². The van der Waals surface area contributed by atoms with Crippen LogP contribution in [-0.4, -0.2) is 63.6 Å². The average molecular weight is 463 g/mol. The second-order valence-corrected chi connectivity index (χ2v) is 10.5. The third-order valence-corrected chi connectivity index (χ3v) is 8.46. The third kappa shape index (κ3) is 4.22. The summed E-state index contributed by atoms with van der Waals surface area (Å²) in [7, 11) is 1.47. The maximum atomic E-state index is 12.8. The van der Waals surface area contributed by atoms with Gasteiger partial charge in [-0.15, -0.1) is 0 Å². The van der Waals surface area contributed by atoms with E-state index in [0.717, 1.165) is 0 Å². The maximum Gasteiger partial charge on any atom is 0.279 e. The molecule has 0 unspecified atom stereocenters. The van der Waals surface area contributed by atoms with Crippen LogP contribution < -0.4 is 19.1 Å². The minimum Gasteiger partial charge on any atom is -0.497 e. The van der Waals surface area contributed by atoms with Crippen LogP contribution in [0, 0.1) is 0 Å². The van der Waals surface area contributed by atoms with E-state index < -0.39 is 15.7 Å². The first-order chi connectivity index (χ1) is 14.8. The van der Waals surface area contributed by atoms with Gasteiger partial charge in [-0.2, -0.15) is 4.99 Å². The molecule has 0 radical (unpaired) electrons. The predicted octanol–water partition coefficient (Wildman–Crippen LogP) is 2.63. The number of thioether (sulfide) groups is 1. The quantitative estimate of drug-likeness (QED) is 0.669. The van der Waals surface area contributed by atoms with Crippen molar-refractivity contribution in [2.75, 3.05) is 37.7 Å². The molecule has 2 fully saturated rings. The normalized spacial score (nSPS) is 22.9. The number of hydrogen-bond acceptors (Lipinski definition) is 7. The first-order valence-corrected chi connectivity index (χ1v) is 12.2. The van der Waals surface area contributed by atoms with Gasteiger partial charge >= 0.3 is 0 Å². The van der Waals surface area contributed by atoms with Crippen LogP contribution in [0.4, 0.5) is 5.69 Å². The van der Waals surface area contributed by atoms with Gasteiger partial charge in [0.25, 0.3) is 5.91 Å². The van der Waals surface area contributed by atoms with Crippen LogP contribution in [0.2, 0.25) is 0 Å². The van der Waals surface area contributed by atoms with Crippen molar-refractivity contribution in [3.8, 4) is 17.2 Å². The lowest BCUT2D eigenvalue weighted by molar-refractivity contribution is 0.100. The van der Waals surface area contributed by atoms with Crippen LogP contribution in [-0.2, 0) is 9.84 Å². The number of carbonyl (C=O) groups is 1. The van der Waals surface area contributed by atoms with E-state index in [-0.39, 0.29) is 22.8 Å². The Balaban J connectivity index is 1.72. The minimum absolute atomic E-state index is 0.00869. The summed E-state index contributed by atoms with van der Waals surface area (Å²) in [6.07, 6.45) is 0. The van der Waals surface area contributed by atoms with Gasteiger partial charge in [-0.25, -0.2) is 8.42 Å². The smallest absolute Gasteiger partial charge is 0.279 e. The monoisotopic (exact) mass is 462 g/mol. The highest BCUT2D eigenvalue weighted by atomic mass is 32.2. The first-order valence-electron chi connectivity index (χ1n) is 9.50. The molecule has 10 heteroatoms. The standard InChI is InChI=1S/C21H22N2O6S2/c1-27-15-7-4-13(5-8-15)20(24)22-21-23(16-11-31(25,26)12-19(16)30-21)14-6-9-17(28-2)18(10-14)29-3/h4-10,16,19H,11-12H2,1-3H3/t16-,19+/m1/s1. The molecule has 1 amide bonds. The molecule has 8 nitrogen and oxygen atoms in total. The largest absolute Gasteiger partial charge is 0.497 e. The Morgan fingerprint density at radius 2 is 1.71 bits per heavy atom. The fourth-order valence-electron chi connectivity index (χ4n) is 3.73. The maximum absolute atomic E-state index is 12.8. The Hall–Kier alpha value is -2.72. The number of rotatable bonds is 5. The zero-order chi connectivity index (χ0) is 22.2. The molecule has 0 saturated carbocycles. The number of nitrogens with zero attached hydrogens (tertiary/aromatic N) is 2. The van der Waals surface area contributed by atoms with Crippen molar-refractivity contribution in [3.63, 3.8) is 0 Å². The van der Waals surface area contributed by atoms with Gasteiger partial charge < -0.3 is 19.1 Å². The van der Waals surface area contributed by atoms with Crippen molar-refractivity contribution in [2.24, 2.45) is 4.99 Å². The molecule has 2 saturated heterocycles. The summed E-state index contributed by atoms with van der Waals surface area (Å²) >= 11 is 1.32. The van der Waals surface area contributed by atoms with E-state index in [9.17, 15) is 13.2 Å². The molecule has 0 N–H and O–H groups in total. The fraction of sp³-hybridized carbons (Fsp3) is 0.333. The lowest BCUT2D eigenvalue weighted by Gasteiger charge is -2.25. The summed E-state index contributed by atoms with van der Waals surface area (Å²) in [6.45, 7) is 0. The van der Waals surface area contributed by atoms with Gasteiger partial charge in [-0.3, -0.25) is 4.79 Å². The van der Waals surface area contributed by atoms with E-state index >= 15 is 0 Å². The number of benzene rings is 2. The molecule has 0 aromatic heterocycles. The highest BCUT2D eigenvalue weighted by Gasteiger charge is 2.49. The number of aliphatic imine (C=N–C) groups is 1. The van der Waals surface area contributed by atoms with Gasteiger partial charge in [-0.05, 0) is 36.4 Å². The highest BCUT2D eigenvalue weighted by molar-refractivity contribution is 8.16. The number of amidine groups is 1. The number of fused-ring (bicyclic) bond motifs is 1. The fourth-order valence-corrected chi connectivity index (χ4v) is 7.64. The van der Waals surface area contributed by atoms with Crippen LogP contribution in [0.1, 0.15) is 10.4 Å². The predicted molar refractivity (Wildman–Crippen MR) is 121 cm³/mol. The molecular weight excluding hydrogens is 440 g/mol. The number of ether oxygens (including phenoxy) is 3. The molecule has 4 rings (SSSR count). The van der Waals surface area contributed by atoms with Gasteiger partial charge in [0.1, 0.15) is 5.75 Å². The van der Waals surface area contributed by atoms with Crippen molar-refractivity contribution in [1.82, 2.24) is 0 Å². The number of anilines is 1. The molecule has 0 aliphatic carbocycles. The van der Waals surface area contributed by atoms with Gasteiger partial charge in [0.2, 0.25) is 0 Å². The van der Waals surface area contributed by atoms with Crippen LogP contribution in [0.15, 0.2) is 47.5 Å². The molecule has 0 bridgehead atoms. The Morgan fingerprint density at radius 1 is 1.00 bits per heavy atom. The van der Waals surface area contributed by atoms with Gasteiger partial charge in [-0.1, -0.05) is 11.8 Å². The van der Waals surface area contributed by atoms with Gasteiger partial charge in [0.05, 0.1) is 38.9 Å². The number of carbonyl (C=O) groups excluding carboxylic acids is 1. The molecule has 2 aliphatic rings. The lowest BCUT2D eigenvalue weighted by Crippen LogP contribution is -2.37. The summed E-state index contributed by atoms with van der Waals surface area (Å²) in [6, 6.07) is 11.7. The molecular formula is C21H22N2O6S2. The van der Waals surface area contributed by atoms with Crippen LogP contribution in [0.3, 0.4) is 0 Å². The number of amides is 1. The van der Waals surface area contributed by atoms with E-state index in [1.165, 1.54) is 18.9 Å². The average Bonchev–Trinajstić information content (AvgIpc) is 3.23. The number of hydrogen-bond donors (Lipinski definition) is 0. The molecule has 2 aliphatic heterocycles. The second-order valence-electron chi connectivity index (χ2n) is 7.14. The zero-order valence-corrected chi connectivity index (χ0v) is 18.9. The van der Waals surface area contributed by atoms with Crippen molar-refractivity contribution in [2.45, 2.75) is 11.3 Å². The summed E-state index contributed by atoms with van der Waals surface area (Å²) in [5, 5.41) is 0.276. The van der Waals surface area contributed by atoms with Crippen LogP contribution >= 0.6 is 11.8 Å². The molecule has 2 aromatic carbocycles. The number of sulfone groups is 1.